The fourth-order valence-electron chi connectivity index (χ4n) is 5.03. The minimum absolute atomic E-state index is 0.0257. The van der Waals surface area contributed by atoms with Gasteiger partial charge >= 0.3 is 0 Å². The van der Waals surface area contributed by atoms with Crippen LogP contribution in [0.4, 0.5) is 8.78 Å². The van der Waals surface area contributed by atoms with Crippen molar-refractivity contribution in [2.75, 3.05) is 19.7 Å². The van der Waals surface area contributed by atoms with Crippen LogP contribution in [0.2, 0.25) is 0 Å². The molecule has 0 bridgehead atoms. The number of rotatable bonds is 12. The van der Waals surface area contributed by atoms with Crippen LogP contribution in [0.5, 0.6) is 0 Å². The Morgan fingerprint density at radius 3 is 2.81 bits per heavy atom. The van der Waals surface area contributed by atoms with Gasteiger partial charge in [-0.05, 0) is 49.1 Å². The molecule has 1 unspecified atom stereocenters. The Morgan fingerprint density at radius 2 is 2.11 bits per heavy atom. The van der Waals surface area contributed by atoms with Gasteiger partial charge in [0.25, 0.3) is 0 Å². The average Bonchev–Trinajstić information content (AvgIpc) is 3.60. The maximum absolute atomic E-state index is 13.9. The van der Waals surface area contributed by atoms with Gasteiger partial charge in [-0.2, -0.15) is 0 Å². The largest absolute Gasteiger partial charge is 0.467 e. The number of amides is 2. The summed E-state index contributed by atoms with van der Waals surface area (Å²) in [6, 6.07) is 5.47. The maximum Gasteiger partial charge on any atom is 0.225 e. The molecule has 37 heavy (non-hydrogen) atoms. The second-order valence-corrected chi connectivity index (χ2v) is 9.94. The average molecular weight is 520 g/mol. The van der Waals surface area contributed by atoms with Crippen molar-refractivity contribution in [1.82, 2.24) is 15.5 Å². The van der Waals surface area contributed by atoms with Crippen molar-refractivity contribution < 1.29 is 32.6 Å². The number of unbranched alkanes of at least 4 members (excludes halogenated alkanes) is 1. The number of furan rings is 1. The molecule has 2 amide bonds. The third-order valence-electron chi connectivity index (χ3n) is 7.02. The third kappa shape index (κ3) is 7.37. The summed E-state index contributed by atoms with van der Waals surface area (Å²) in [6.07, 6.45) is 3.02. The van der Waals surface area contributed by atoms with E-state index in [-0.39, 0.29) is 49.9 Å². The highest BCUT2D eigenvalue weighted by atomic mass is 19.1. The van der Waals surface area contributed by atoms with Crippen LogP contribution in [-0.4, -0.2) is 65.8 Å². The summed E-state index contributed by atoms with van der Waals surface area (Å²) in [5.74, 6) is -1.99. The van der Waals surface area contributed by atoms with E-state index >= 15 is 0 Å². The molecule has 2 aromatic rings. The predicted octanol–water partition coefficient (Wildman–Crippen LogP) is 2.54. The molecule has 0 aliphatic carbocycles. The molecule has 3 heterocycles. The van der Waals surface area contributed by atoms with Gasteiger partial charge in [-0.15, -0.1) is 0 Å². The Morgan fingerprint density at radius 1 is 1.32 bits per heavy atom. The monoisotopic (exact) mass is 519 g/mol. The van der Waals surface area contributed by atoms with E-state index in [0.717, 1.165) is 18.9 Å². The van der Waals surface area contributed by atoms with Crippen LogP contribution < -0.4 is 10.6 Å². The number of likely N-dealkylation sites (tertiary alicyclic amines) is 1. The molecule has 10 heteroatoms. The zero-order valence-corrected chi connectivity index (χ0v) is 21.0. The molecule has 0 spiro atoms. The van der Waals surface area contributed by atoms with Crippen LogP contribution in [0.1, 0.15) is 43.9 Å². The molecule has 2 aliphatic heterocycles. The number of halogens is 2. The first-order valence-electron chi connectivity index (χ1n) is 12.9. The highest BCUT2D eigenvalue weighted by molar-refractivity contribution is 5.89. The Bertz CT molecular complexity index is 1030. The normalized spacial score (nSPS) is 23.4. The highest BCUT2D eigenvalue weighted by Crippen LogP contribution is 2.23. The van der Waals surface area contributed by atoms with E-state index in [2.05, 4.69) is 17.6 Å². The number of nitrogens with one attached hydrogen (secondary N) is 2. The smallest absolute Gasteiger partial charge is 0.225 e. The highest BCUT2D eigenvalue weighted by Gasteiger charge is 2.39. The number of hydrogen-bond donors (Lipinski definition) is 3. The number of nitrogens with zero attached hydrogens (tertiary/aromatic N) is 1. The number of ether oxygens (including phenoxy) is 1. The summed E-state index contributed by atoms with van der Waals surface area (Å²) >= 11 is 0. The lowest BCUT2D eigenvalue weighted by molar-refractivity contribution is -0.129. The predicted molar refractivity (Wildman–Crippen MR) is 131 cm³/mol. The maximum atomic E-state index is 13.9. The minimum atomic E-state index is -1.04. The van der Waals surface area contributed by atoms with Gasteiger partial charge in [0.15, 0.2) is 0 Å². The molecule has 2 fully saturated rings. The number of aliphatic hydroxyl groups excluding tert-OH is 1. The molecule has 8 nitrogen and oxygen atoms in total. The summed E-state index contributed by atoms with van der Waals surface area (Å²) < 4.78 is 38.9. The molecule has 4 rings (SSSR count). The van der Waals surface area contributed by atoms with Gasteiger partial charge in [0.05, 0.1) is 37.0 Å². The first-order chi connectivity index (χ1) is 17.8. The van der Waals surface area contributed by atoms with E-state index in [1.807, 2.05) is 0 Å². The van der Waals surface area contributed by atoms with E-state index in [9.17, 15) is 23.5 Å². The van der Waals surface area contributed by atoms with Gasteiger partial charge in [0.2, 0.25) is 11.8 Å². The Labute approximate surface area is 215 Å². The SMILES string of the molecule is CCCCO[C@H]1CN[C@@H]([C@@H](O)[C@H](Cc2cc(F)cc(F)c2)NC(=O)C2CC(=O)N(Cc3ccco3)C2)C1. The van der Waals surface area contributed by atoms with E-state index < -0.39 is 29.7 Å². The second-order valence-electron chi connectivity index (χ2n) is 9.94. The lowest BCUT2D eigenvalue weighted by atomic mass is 9.94. The summed E-state index contributed by atoms with van der Waals surface area (Å²) in [5.41, 5.74) is 0.317. The molecule has 3 N–H and O–H groups in total. The molecule has 0 radical (unpaired) electrons. The summed E-state index contributed by atoms with van der Waals surface area (Å²) in [6.45, 7) is 3.78. The van der Waals surface area contributed by atoms with Crippen molar-refractivity contribution in [3.8, 4) is 0 Å². The standard InChI is InChI=1S/C27H35F2N3O5/c1-2-3-6-37-22-13-23(30-14-22)26(34)24(10-17-8-19(28)12-20(29)9-17)31-27(35)18-11-25(33)32(15-18)16-21-5-4-7-36-21/h4-5,7-9,12,18,22-24,26,30,34H,2-3,6,10-11,13-16H2,1H3,(H,31,35)/t18?,22-,23-,24+,26-/m1/s1. The lowest BCUT2D eigenvalue weighted by Crippen LogP contribution is -2.53. The molecule has 2 saturated heterocycles. The second kappa shape index (κ2) is 12.6. The molecule has 1 aromatic carbocycles. The number of carbonyl (C=O) groups excluding carboxylic acids is 2. The third-order valence-corrected chi connectivity index (χ3v) is 7.02. The Balaban J connectivity index is 1.42. The van der Waals surface area contributed by atoms with Gasteiger partial charge < -0.3 is 29.8 Å². The van der Waals surface area contributed by atoms with Crippen molar-refractivity contribution >= 4 is 11.8 Å². The van der Waals surface area contributed by atoms with E-state index in [4.69, 9.17) is 9.15 Å². The molecule has 2 aliphatic rings. The molecule has 0 saturated carbocycles. The van der Waals surface area contributed by atoms with Crippen LogP contribution in [-0.2, 0) is 27.3 Å². The lowest BCUT2D eigenvalue weighted by Gasteiger charge is -2.29. The number of carbonyl (C=O) groups is 2. The van der Waals surface area contributed by atoms with Gasteiger partial charge in [0, 0.05) is 38.2 Å². The van der Waals surface area contributed by atoms with Gasteiger partial charge in [-0.3, -0.25) is 9.59 Å². The zero-order chi connectivity index (χ0) is 26.4. The van der Waals surface area contributed by atoms with Crippen molar-refractivity contribution in [2.45, 2.75) is 69.9 Å². The Hall–Kier alpha value is -2.82. The van der Waals surface area contributed by atoms with E-state index in [1.165, 1.54) is 18.4 Å². The number of hydrogen-bond acceptors (Lipinski definition) is 6. The zero-order valence-electron chi connectivity index (χ0n) is 21.0. The van der Waals surface area contributed by atoms with Crippen LogP contribution in [0, 0.1) is 17.6 Å². The first kappa shape index (κ1) is 27.2. The van der Waals surface area contributed by atoms with Gasteiger partial charge in [-0.25, -0.2) is 8.78 Å². The van der Waals surface area contributed by atoms with Gasteiger partial charge in [0.1, 0.15) is 17.4 Å². The fourth-order valence-corrected chi connectivity index (χ4v) is 5.03. The van der Waals surface area contributed by atoms with Crippen LogP contribution in [0.25, 0.3) is 0 Å². The van der Waals surface area contributed by atoms with Crippen LogP contribution in [0.15, 0.2) is 41.0 Å². The quantitative estimate of drug-likeness (QED) is 0.373. The van der Waals surface area contributed by atoms with Crippen LogP contribution in [0.3, 0.4) is 0 Å². The van der Waals surface area contributed by atoms with Crippen LogP contribution >= 0.6 is 0 Å². The van der Waals surface area contributed by atoms with Crippen molar-refractivity contribution in [3.05, 3.63) is 59.6 Å². The number of aliphatic hydroxyl groups is 1. The Kier molecular flexibility index (Phi) is 9.28. The molecule has 202 valence electrons. The summed E-state index contributed by atoms with van der Waals surface area (Å²) in [4.78, 5) is 27.3. The van der Waals surface area contributed by atoms with Crippen molar-refractivity contribution in [3.63, 3.8) is 0 Å². The molecule has 1 aromatic heterocycles. The summed E-state index contributed by atoms with van der Waals surface area (Å²) in [5, 5.41) is 17.4. The first-order valence-corrected chi connectivity index (χ1v) is 12.9. The molecule has 5 atom stereocenters. The summed E-state index contributed by atoms with van der Waals surface area (Å²) in [7, 11) is 0. The fraction of sp³-hybridized carbons (Fsp3) is 0.556. The van der Waals surface area contributed by atoms with Crippen molar-refractivity contribution in [2.24, 2.45) is 5.92 Å². The van der Waals surface area contributed by atoms with Gasteiger partial charge in [-0.1, -0.05) is 13.3 Å². The van der Waals surface area contributed by atoms with E-state index in [0.29, 0.717) is 30.9 Å². The molecular formula is C27H35F2N3O5. The molecular weight excluding hydrogens is 484 g/mol. The number of benzene rings is 1. The topological polar surface area (TPSA) is 104 Å². The van der Waals surface area contributed by atoms with E-state index in [1.54, 1.807) is 17.0 Å². The van der Waals surface area contributed by atoms with Crippen molar-refractivity contribution in [1.29, 1.82) is 0 Å². The minimum Gasteiger partial charge on any atom is -0.467 e.